The van der Waals surface area contributed by atoms with Crippen molar-refractivity contribution in [2.75, 3.05) is 26.2 Å². The molecule has 1 aliphatic heterocycles. The van der Waals surface area contributed by atoms with E-state index >= 15 is 0 Å². The van der Waals surface area contributed by atoms with Crippen LogP contribution in [-0.4, -0.2) is 41.1 Å². The van der Waals surface area contributed by atoms with Crippen LogP contribution in [0, 0.1) is 0 Å². The van der Waals surface area contributed by atoms with Crippen LogP contribution in [0.4, 0.5) is 0 Å². The molecule has 0 saturated carbocycles. The van der Waals surface area contributed by atoms with Gasteiger partial charge in [0, 0.05) is 13.2 Å². The van der Waals surface area contributed by atoms with E-state index in [0.717, 1.165) is 13.2 Å². The minimum Gasteiger partial charge on any atom is -0.397 e. The van der Waals surface area contributed by atoms with Gasteiger partial charge in [0.15, 0.2) is 0 Å². The van der Waals surface area contributed by atoms with E-state index in [1.54, 1.807) is 0 Å². The van der Waals surface area contributed by atoms with E-state index in [1.165, 1.54) is 43.5 Å². The first kappa shape index (κ1) is 17.4. The van der Waals surface area contributed by atoms with Crippen LogP contribution in [-0.2, 0) is 8.85 Å². The summed E-state index contributed by atoms with van der Waals surface area (Å²) in [6.07, 6.45) is 4.02. The van der Waals surface area contributed by atoms with Crippen LogP contribution in [0.1, 0.15) is 36.5 Å². The standard InChI is InChI=1S/C20H27NO2Si/c1-4-10-18(11-5-1)20(19-12-6-2-7-13-19)23-24-22-17-16-21-14-8-3-9-15-21/h1-2,4-7,10-13,20H,3,8-9,14-17,24H2. The molecule has 0 amide bonds. The van der Waals surface area contributed by atoms with Crippen LogP contribution >= 0.6 is 0 Å². The maximum Gasteiger partial charge on any atom is 0.305 e. The van der Waals surface area contributed by atoms with Gasteiger partial charge in [-0.2, -0.15) is 0 Å². The Bertz CT molecular complexity index is 533. The number of rotatable bonds is 8. The first-order chi connectivity index (χ1) is 11.9. The van der Waals surface area contributed by atoms with E-state index in [1.807, 2.05) is 12.1 Å². The van der Waals surface area contributed by atoms with Crippen molar-refractivity contribution in [1.82, 2.24) is 4.90 Å². The normalized spacial score (nSPS) is 16.2. The second-order valence-electron chi connectivity index (χ2n) is 6.30. The molecule has 0 radical (unpaired) electrons. The zero-order valence-corrected chi connectivity index (χ0v) is 15.7. The predicted molar refractivity (Wildman–Crippen MR) is 101 cm³/mol. The fourth-order valence-electron chi connectivity index (χ4n) is 3.19. The number of hydrogen-bond donors (Lipinski definition) is 0. The summed E-state index contributed by atoms with van der Waals surface area (Å²) in [4.78, 5) is 2.50. The first-order valence-electron chi connectivity index (χ1n) is 8.95. The molecule has 128 valence electrons. The highest BCUT2D eigenvalue weighted by Gasteiger charge is 2.14. The molecule has 1 aliphatic rings. The molecule has 2 aromatic carbocycles. The van der Waals surface area contributed by atoms with E-state index in [-0.39, 0.29) is 6.10 Å². The number of nitrogens with zero attached hydrogens (tertiary/aromatic N) is 1. The maximum absolute atomic E-state index is 6.20. The highest BCUT2D eigenvalue weighted by Crippen LogP contribution is 2.25. The third kappa shape index (κ3) is 5.28. The van der Waals surface area contributed by atoms with Crippen molar-refractivity contribution in [1.29, 1.82) is 0 Å². The Balaban J connectivity index is 1.49. The van der Waals surface area contributed by atoms with E-state index in [9.17, 15) is 0 Å². The molecule has 1 heterocycles. The lowest BCUT2D eigenvalue weighted by molar-refractivity contribution is 0.148. The van der Waals surface area contributed by atoms with Gasteiger partial charge in [-0.05, 0) is 37.1 Å². The molecule has 1 fully saturated rings. The number of hydrogen-bond acceptors (Lipinski definition) is 3. The average molecular weight is 342 g/mol. The van der Waals surface area contributed by atoms with Gasteiger partial charge in [-0.1, -0.05) is 67.1 Å². The van der Waals surface area contributed by atoms with Gasteiger partial charge >= 0.3 is 10.0 Å². The molecule has 0 spiro atoms. The highest BCUT2D eigenvalue weighted by molar-refractivity contribution is 6.18. The van der Waals surface area contributed by atoms with Crippen molar-refractivity contribution >= 4 is 10.0 Å². The van der Waals surface area contributed by atoms with Gasteiger partial charge in [0.05, 0.1) is 6.10 Å². The number of likely N-dealkylation sites (tertiary alicyclic amines) is 1. The molecule has 3 nitrogen and oxygen atoms in total. The first-order valence-corrected chi connectivity index (χ1v) is 10.1. The SMILES string of the molecule is c1ccc(C(O[SiH2]OCCN2CCCCC2)c2ccccc2)cc1. The Labute approximate surface area is 147 Å². The summed E-state index contributed by atoms with van der Waals surface area (Å²) in [5.41, 5.74) is 2.38. The molecule has 2 aromatic rings. The summed E-state index contributed by atoms with van der Waals surface area (Å²) in [6.45, 7) is 4.28. The topological polar surface area (TPSA) is 21.7 Å². The third-order valence-corrected chi connectivity index (χ3v) is 5.45. The van der Waals surface area contributed by atoms with Gasteiger partial charge in [-0.25, -0.2) is 0 Å². The van der Waals surface area contributed by atoms with Crippen molar-refractivity contribution in [3.05, 3.63) is 71.8 Å². The molecule has 0 unspecified atom stereocenters. The lowest BCUT2D eigenvalue weighted by Crippen LogP contribution is -2.33. The molecule has 0 aliphatic carbocycles. The zero-order valence-electron chi connectivity index (χ0n) is 14.3. The molecule has 0 N–H and O–H groups in total. The van der Waals surface area contributed by atoms with Crippen molar-refractivity contribution in [3.8, 4) is 0 Å². The monoisotopic (exact) mass is 341 g/mol. The predicted octanol–water partition coefficient (Wildman–Crippen LogP) is 3.29. The van der Waals surface area contributed by atoms with Gasteiger partial charge in [-0.15, -0.1) is 0 Å². The lowest BCUT2D eigenvalue weighted by atomic mass is 10.0. The number of piperidine rings is 1. The van der Waals surface area contributed by atoms with Gasteiger partial charge < -0.3 is 13.8 Å². The van der Waals surface area contributed by atoms with Crippen LogP contribution in [0.2, 0.25) is 0 Å². The van der Waals surface area contributed by atoms with Crippen LogP contribution in [0.3, 0.4) is 0 Å². The molecular formula is C20H27NO2Si. The Kier molecular flexibility index (Phi) is 7.05. The number of benzene rings is 2. The summed E-state index contributed by atoms with van der Waals surface area (Å²) in [5, 5.41) is 0. The van der Waals surface area contributed by atoms with E-state index in [0.29, 0.717) is 0 Å². The Morgan fingerprint density at radius 2 is 1.42 bits per heavy atom. The summed E-state index contributed by atoms with van der Waals surface area (Å²) in [6, 6.07) is 20.8. The summed E-state index contributed by atoms with van der Waals surface area (Å²) >= 11 is 0. The molecule has 0 atom stereocenters. The van der Waals surface area contributed by atoms with Crippen LogP contribution < -0.4 is 0 Å². The minimum atomic E-state index is -0.997. The van der Waals surface area contributed by atoms with Crippen LogP contribution in [0.25, 0.3) is 0 Å². The molecule has 3 rings (SSSR count). The molecule has 24 heavy (non-hydrogen) atoms. The smallest absolute Gasteiger partial charge is 0.305 e. The Hall–Kier alpha value is -1.46. The molecule has 1 saturated heterocycles. The average Bonchev–Trinajstić information content (AvgIpc) is 2.67. The molecule has 0 bridgehead atoms. The molecule has 4 heteroatoms. The fraction of sp³-hybridized carbons (Fsp3) is 0.400. The largest absolute Gasteiger partial charge is 0.397 e. The second kappa shape index (κ2) is 9.74. The summed E-state index contributed by atoms with van der Waals surface area (Å²) < 4.78 is 12.1. The summed E-state index contributed by atoms with van der Waals surface area (Å²) in [7, 11) is -0.997. The fourth-order valence-corrected chi connectivity index (χ4v) is 4.06. The van der Waals surface area contributed by atoms with Gasteiger partial charge in [0.2, 0.25) is 0 Å². The van der Waals surface area contributed by atoms with E-state index in [4.69, 9.17) is 8.85 Å². The Morgan fingerprint density at radius 1 is 0.833 bits per heavy atom. The highest BCUT2D eigenvalue weighted by atomic mass is 28.3. The van der Waals surface area contributed by atoms with Gasteiger partial charge in [0.1, 0.15) is 0 Å². The van der Waals surface area contributed by atoms with Crippen LogP contribution in [0.5, 0.6) is 0 Å². The summed E-state index contributed by atoms with van der Waals surface area (Å²) in [5.74, 6) is 0. The second-order valence-corrected chi connectivity index (χ2v) is 7.27. The van der Waals surface area contributed by atoms with Crippen molar-refractivity contribution in [2.24, 2.45) is 0 Å². The zero-order chi connectivity index (χ0) is 16.5. The van der Waals surface area contributed by atoms with Crippen LogP contribution in [0.15, 0.2) is 60.7 Å². The Morgan fingerprint density at radius 3 is 2.00 bits per heavy atom. The van der Waals surface area contributed by atoms with Crippen molar-refractivity contribution < 1.29 is 8.85 Å². The maximum atomic E-state index is 6.20. The quantitative estimate of drug-likeness (QED) is 0.543. The van der Waals surface area contributed by atoms with E-state index in [2.05, 4.69) is 53.4 Å². The van der Waals surface area contributed by atoms with Gasteiger partial charge in [0.25, 0.3) is 0 Å². The van der Waals surface area contributed by atoms with E-state index < -0.39 is 10.0 Å². The molecule has 0 aromatic heterocycles. The lowest BCUT2D eigenvalue weighted by Gasteiger charge is -2.26. The minimum absolute atomic E-state index is 0.0194. The molecular weight excluding hydrogens is 314 g/mol. The van der Waals surface area contributed by atoms with Gasteiger partial charge in [-0.3, -0.25) is 0 Å². The third-order valence-electron chi connectivity index (χ3n) is 4.52. The van der Waals surface area contributed by atoms with Crippen molar-refractivity contribution in [2.45, 2.75) is 25.4 Å². The van der Waals surface area contributed by atoms with Crippen molar-refractivity contribution in [3.63, 3.8) is 0 Å².